The van der Waals surface area contributed by atoms with Crippen LogP contribution in [0.1, 0.15) is 31.7 Å². The molecule has 0 N–H and O–H groups in total. The van der Waals surface area contributed by atoms with E-state index in [-0.39, 0.29) is 5.82 Å². The predicted octanol–water partition coefficient (Wildman–Crippen LogP) is 4.42. The maximum Gasteiger partial charge on any atom is 0.153 e. The van der Waals surface area contributed by atoms with E-state index in [1.807, 2.05) is 24.4 Å². The molecule has 2 fully saturated rings. The predicted molar refractivity (Wildman–Crippen MR) is 119 cm³/mol. The third kappa shape index (κ3) is 3.64. The fraction of sp³-hybridized carbons (Fsp3) is 0.435. The fourth-order valence-corrected chi connectivity index (χ4v) is 5.38. The van der Waals surface area contributed by atoms with Gasteiger partial charge in [0.2, 0.25) is 0 Å². The molecule has 2 aromatic heterocycles. The van der Waals surface area contributed by atoms with Crippen molar-refractivity contribution in [3.8, 4) is 6.07 Å². The molecule has 1 saturated carbocycles. The number of piperazine rings is 1. The molecule has 31 heavy (non-hydrogen) atoms. The van der Waals surface area contributed by atoms with E-state index in [0.717, 1.165) is 63.1 Å². The molecule has 1 aliphatic carbocycles. The van der Waals surface area contributed by atoms with Gasteiger partial charge in [-0.05, 0) is 43.9 Å². The van der Waals surface area contributed by atoms with Crippen LogP contribution in [0.15, 0.2) is 42.7 Å². The van der Waals surface area contributed by atoms with Gasteiger partial charge in [0, 0.05) is 49.9 Å². The van der Waals surface area contributed by atoms with Crippen LogP contribution < -0.4 is 4.90 Å². The molecule has 0 spiro atoms. The monoisotopic (exact) mass is 438 g/mol. The average molecular weight is 439 g/mol. The van der Waals surface area contributed by atoms with Crippen LogP contribution in [0.4, 0.5) is 10.1 Å². The van der Waals surface area contributed by atoms with Gasteiger partial charge in [-0.1, -0.05) is 17.7 Å². The maximum absolute atomic E-state index is 14.1. The van der Waals surface area contributed by atoms with Crippen LogP contribution in [-0.2, 0) is 0 Å². The van der Waals surface area contributed by atoms with E-state index in [1.54, 1.807) is 12.3 Å². The third-order valence-corrected chi connectivity index (χ3v) is 7.14. The Balaban J connectivity index is 1.27. The molecule has 1 aromatic carbocycles. The Kier molecular flexibility index (Phi) is 5.28. The molecule has 0 unspecified atom stereocenters. The van der Waals surface area contributed by atoms with Crippen molar-refractivity contribution in [2.75, 3.05) is 31.1 Å². The quantitative estimate of drug-likeness (QED) is 0.605. The van der Waals surface area contributed by atoms with E-state index in [2.05, 4.69) is 30.6 Å². The highest BCUT2D eigenvalue weighted by Gasteiger charge is 2.42. The number of benzene rings is 1. The summed E-state index contributed by atoms with van der Waals surface area (Å²) < 4.78 is 16.3. The van der Waals surface area contributed by atoms with E-state index < -0.39 is 5.54 Å². The van der Waals surface area contributed by atoms with Crippen molar-refractivity contribution in [2.24, 2.45) is 0 Å². The number of aromatic nitrogens is 3. The van der Waals surface area contributed by atoms with Crippen LogP contribution in [0.3, 0.4) is 0 Å². The Hall–Kier alpha value is -2.69. The third-order valence-electron chi connectivity index (χ3n) is 6.95. The first-order valence-corrected chi connectivity index (χ1v) is 11.1. The summed E-state index contributed by atoms with van der Waals surface area (Å²) in [5, 5.41) is 19.0. The van der Waals surface area contributed by atoms with Crippen molar-refractivity contribution in [2.45, 2.75) is 37.3 Å². The molecule has 3 heterocycles. The van der Waals surface area contributed by atoms with Gasteiger partial charge in [0.15, 0.2) is 5.15 Å². The first-order valence-electron chi connectivity index (χ1n) is 10.7. The van der Waals surface area contributed by atoms with E-state index in [9.17, 15) is 9.65 Å². The zero-order valence-electron chi connectivity index (χ0n) is 17.2. The lowest BCUT2D eigenvalue weighted by Gasteiger charge is -2.47. The van der Waals surface area contributed by atoms with Crippen LogP contribution in [0, 0.1) is 17.1 Å². The molecule has 0 amide bonds. The lowest BCUT2D eigenvalue weighted by Crippen LogP contribution is -2.57. The Morgan fingerprint density at radius 1 is 1.13 bits per heavy atom. The van der Waals surface area contributed by atoms with E-state index in [4.69, 9.17) is 11.6 Å². The van der Waals surface area contributed by atoms with Gasteiger partial charge in [0.1, 0.15) is 11.4 Å². The molecular weight excluding hydrogens is 415 g/mol. The molecule has 3 aromatic rings. The molecule has 8 heteroatoms. The number of rotatable bonds is 3. The molecule has 5 rings (SSSR count). The van der Waals surface area contributed by atoms with Gasteiger partial charge in [-0.3, -0.25) is 4.90 Å². The molecule has 2 aliphatic rings. The molecule has 1 aliphatic heterocycles. The molecule has 6 nitrogen and oxygen atoms in total. The molecule has 0 bridgehead atoms. The van der Waals surface area contributed by atoms with Gasteiger partial charge in [-0.2, -0.15) is 10.4 Å². The number of halogens is 2. The second kappa shape index (κ2) is 8.10. The minimum absolute atomic E-state index is 0.179. The normalized spacial score (nSPS) is 24.9. The number of anilines is 1. The Bertz CT molecular complexity index is 1120. The van der Waals surface area contributed by atoms with Crippen molar-refractivity contribution in [1.29, 1.82) is 5.26 Å². The van der Waals surface area contributed by atoms with Gasteiger partial charge >= 0.3 is 0 Å². The summed E-state index contributed by atoms with van der Waals surface area (Å²) in [5.41, 5.74) is 1.49. The fourth-order valence-electron chi connectivity index (χ4n) is 5.22. The Labute approximate surface area is 185 Å². The molecule has 1 saturated heterocycles. The number of nitrogens with zero attached hydrogens (tertiary/aromatic N) is 6. The van der Waals surface area contributed by atoms with Gasteiger partial charge in [0.05, 0.1) is 23.5 Å². The first kappa shape index (κ1) is 20.2. The topological polar surface area (TPSA) is 61.0 Å². The van der Waals surface area contributed by atoms with Crippen molar-refractivity contribution in [3.63, 3.8) is 0 Å². The van der Waals surface area contributed by atoms with Crippen molar-refractivity contribution < 1.29 is 4.39 Å². The van der Waals surface area contributed by atoms with E-state index >= 15 is 0 Å². The number of nitriles is 1. The summed E-state index contributed by atoms with van der Waals surface area (Å²) in [4.78, 5) is 4.59. The number of fused-ring (bicyclic) bond motifs is 1. The van der Waals surface area contributed by atoms with Crippen LogP contribution >= 0.6 is 11.6 Å². The zero-order chi connectivity index (χ0) is 21.4. The minimum atomic E-state index is -0.426. The lowest BCUT2D eigenvalue weighted by atomic mass is 9.78. The first-order chi connectivity index (χ1) is 15.1. The molecule has 0 radical (unpaired) electrons. The van der Waals surface area contributed by atoms with Crippen molar-refractivity contribution >= 4 is 28.2 Å². The lowest BCUT2D eigenvalue weighted by molar-refractivity contribution is 0.0775. The number of hydrogen-bond acceptors (Lipinski definition) is 5. The molecule has 160 valence electrons. The van der Waals surface area contributed by atoms with Crippen LogP contribution in [-0.4, -0.2) is 51.4 Å². The zero-order valence-corrected chi connectivity index (χ0v) is 18.0. The summed E-state index contributed by atoms with van der Waals surface area (Å²) in [7, 11) is 0. The average Bonchev–Trinajstić information content (AvgIpc) is 3.25. The standard InChI is InChI=1S/C23H24ClFN6/c24-22-14-18(15-27-28-22)29-10-12-30(13-11-29)23(16-26)7-4-17(5-8-23)31-9-6-19-20(25)2-1-3-21(19)31/h1-3,6,9,14-15,17H,4-5,7-8,10-13H2. The Morgan fingerprint density at radius 2 is 1.90 bits per heavy atom. The minimum Gasteiger partial charge on any atom is -0.368 e. The maximum atomic E-state index is 14.1. The molecular formula is C23H24ClFN6. The highest BCUT2D eigenvalue weighted by atomic mass is 35.5. The van der Waals surface area contributed by atoms with Gasteiger partial charge < -0.3 is 9.47 Å². The van der Waals surface area contributed by atoms with Gasteiger partial charge in [-0.25, -0.2) is 4.39 Å². The van der Waals surface area contributed by atoms with Crippen molar-refractivity contribution in [3.05, 3.63) is 53.7 Å². The summed E-state index contributed by atoms with van der Waals surface area (Å²) in [6.45, 7) is 3.32. The second-order valence-electron chi connectivity index (χ2n) is 8.48. The summed E-state index contributed by atoms with van der Waals surface area (Å²) in [5.74, 6) is -0.179. The largest absolute Gasteiger partial charge is 0.368 e. The number of hydrogen-bond donors (Lipinski definition) is 0. The van der Waals surface area contributed by atoms with Gasteiger partial charge in [-0.15, -0.1) is 5.10 Å². The summed E-state index contributed by atoms with van der Waals surface area (Å²) in [6, 6.07) is 11.9. The van der Waals surface area contributed by atoms with E-state index in [0.29, 0.717) is 16.6 Å². The van der Waals surface area contributed by atoms with E-state index in [1.165, 1.54) is 6.07 Å². The summed E-state index contributed by atoms with van der Waals surface area (Å²) in [6.07, 6.45) is 7.20. The highest BCUT2D eigenvalue weighted by molar-refractivity contribution is 6.29. The van der Waals surface area contributed by atoms with Crippen LogP contribution in [0.25, 0.3) is 10.9 Å². The Morgan fingerprint density at radius 3 is 2.61 bits per heavy atom. The van der Waals surface area contributed by atoms with Gasteiger partial charge in [0.25, 0.3) is 0 Å². The smallest absolute Gasteiger partial charge is 0.153 e. The van der Waals surface area contributed by atoms with Crippen LogP contribution in [0.5, 0.6) is 0 Å². The molecule has 0 atom stereocenters. The van der Waals surface area contributed by atoms with Crippen LogP contribution in [0.2, 0.25) is 5.15 Å². The van der Waals surface area contributed by atoms with Crippen molar-refractivity contribution in [1.82, 2.24) is 19.7 Å². The summed E-state index contributed by atoms with van der Waals surface area (Å²) >= 11 is 5.98. The SMILES string of the molecule is N#CC1(N2CCN(c3cnnc(Cl)c3)CC2)CCC(n2ccc3c(F)cccc32)CC1. The highest BCUT2D eigenvalue weighted by Crippen LogP contribution is 2.40. The second-order valence-corrected chi connectivity index (χ2v) is 8.87.